The van der Waals surface area contributed by atoms with Crippen LogP contribution in [0.2, 0.25) is 0 Å². The molecule has 0 bridgehead atoms. The van der Waals surface area contributed by atoms with Gasteiger partial charge >= 0.3 is 0 Å². The molecule has 2 unspecified atom stereocenters. The van der Waals surface area contributed by atoms with Crippen LogP contribution in [0.5, 0.6) is 0 Å². The second kappa shape index (κ2) is 8.73. The number of carbonyl (C=O) groups is 1. The zero-order valence-electron chi connectivity index (χ0n) is 11.8. The van der Waals surface area contributed by atoms with Crippen LogP contribution in [0.4, 0.5) is 0 Å². The lowest BCUT2D eigenvalue weighted by atomic mass is 9.99. The van der Waals surface area contributed by atoms with Crippen LogP contribution < -0.4 is 11.1 Å². The van der Waals surface area contributed by atoms with Crippen molar-refractivity contribution in [3.8, 4) is 0 Å². The van der Waals surface area contributed by atoms with Crippen molar-refractivity contribution in [1.29, 1.82) is 0 Å². The third-order valence-corrected chi connectivity index (χ3v) is 3.73. The summed E-state index contributed by atoms with van der Waals surface area (Å²) >= 11 is 0. The monoisotopic (exact) mass is 277 g/mol. The van der Waals surface area contributed by atoms with Gasteiger partial charge in [-0.2, -0.15) is 0 Å². The highest BCUT2D eigenvalue weighted by Crippen LogP contribution is 2.25. The molecule has 0 aromatic heterocycles. The lowest BCUT2D eigenvalue weighted by molar-refractivity contribution is -0.123. The minimum Gasteiger partial charge on any atom is -0.353 e. The molecule has 3 N–H and O–H groups in total. The van der Waals surface area contributed by atoms with Crippen molar-refractivity contribution in [3.63, 3.8) is 0 Å². The Balaban J connectivity index is 0.00000289. The second-order valence-corrected chi connectivity index (χ2v) is 5.06. The summed E-state index contributed by atoms with van der Waals surface area (Å²) in [6.07, 6.45) is 3.57. The Kier molecular flexibility index (Phi) is 8.57. The lowest BCUT2D eigenvalue weighted by Crippen LogP contribution is -2.46. The van der Waals surface area contributed by atoms with E-state index in [1.807, 2.05) is 6.92 Å². The van der Waals surface area contributed by atoms with E-state index in [-0.39, 0.29) is 30.3 Å². The van der Waals surface area contributed by atoms with Crippen LogP contribution in [0.25, 0.3) is 0 Å². The van der Waals surface area contributed by atoms with Gasteiger partial charge in [-0.05, 0) is 25.3 Å². The van der Waals surface area contributed by atoms with Gasteiger partial charge in [-0.15, -0.1) is 12.4 Å². The number of hydrogen-bond acceptors (Lipinski definition) is 3. The number of nitrogens with zero attached hydrogens (tertiary/aromatic N) is 1. The van der Waals surface area contributed by atoms with Crippen molar-refractivity contribution >= 4 is 18.3 Å². The number of carbonyl (C=O) groups excluding carboxylic acids is 1. The second-order valence-electron chi connectivity index (χ2n) is 5.06. The highest BCUT2D eigenvalue weighted by atomic mass is 35.5. The Labute approximate surface area is 117 Å². The molecule has 1 aliphatic rings. The molecular weight excluding hydrogens is 250 g/mol. The largest absolute Gasteiger partial charge is 0.353 e. The van der Waals surface area contributed by atoms with Crippen molar-refractivity contribution in [1.82, 2.24) is 10.2 Å². The first-order valence-corrected chi connectivity index (χ1v) is 6.87. The molecule has 0 aliphatic heterocycles. The average Bonchev–Trinajstić information content (AvgIpc) is 3.16. The molecule has 1 aliphatic carbocycles. The van der Waals surface area contributed by atoms with Gasteiger partial charge in [-0.25, -0.2) is 0 Å². The molecule has 0 spiro atoms. The van der Waals surface area contributed by atoms with E-state index in [1.54, 1.807) is 0 Å². The third kappa shape index (κ3) is 5.55. The fourth-order valence-corrected chi connectivity index (χ4v) is 1.99. The Morgan fingerprint density at radius 3 is 2.50 bits per heavy atom. The molecule has 2 atom stereocenters. The van der Waals surface area contributed by atoms with Gasteiger partial charge in [0.15, 0.2) is 0 Å². The summed E-state index contributed by atoms with van der Waals surface area (Å²) in [5, 5.41) is 2.94. The summed E-state index contributed by atoms with van der Waals surface area (Å²) in [6.45, 7) is 8.98. The van der Waals surface area contributed by atoms with Gasteiger partial charge in [-0.1, -0.05) is 27.2 Å². The lowest BCUT2D eigenvalue weighted by Gasteiger charge is -2.22. The quantitative estimate of drug-likeness (QED) is 0.705. The maximum atomic E-state index is 11.7. The molecule has 5 heteroatoms. The number of nitrogens with two attached hydrogens (primary N) is 1. The number of rotatable bonds is 8. The van der Waals surface area contributed by atoms with Crippen LogP contribution in [0, 0.1) is 5.92 Å². The molecule has 108 valence electrons. The number of halogens is 1. The van der Waals surface area contributed by atoms with E-state index in [1.165, 1.54) is 12.8 Å². The predicted molar refractivity (Wildman–Crippen MR) is 78.0 cm³/mol. The molecule has 1 rings (SSSR count). The van der Waals surface area contributed by atoms with E-state index in [9.17, 15) is 4.79 Å². The van der Waals surface area contributed by atoms with Crippen LogP contribution in [0.15, 0.2) is 0 Å². The maximum absolute atomic E-state index is 11.7. The Hall–Kier alpha value is -0.320. The molecule has 0 saturated heterocycles. The highest BCUT2D eigenvalue weighted by Gasteiger charge is 2.27. The number of hydrogen-bond donors (Lipinski definition) is 2. The van der Waals surface area contributed by atoms with Gasteiger partial charge in [0, 0.05) is 19.1 Å². The molecule has 1 saturated carbocycles. The maximum Gasteiger partial charge on any atom is 0.237 e. The summed E-state index contributed by atoms with van der Waals surface area (Å²) in [4.78, 5) is 14.2. The summed E-state index contributed by atoms with van der Waals surface area (Å²) in [5.41, 5.74) is 5.87. The van der Waals surface area contributed by atoms with Gasteiger partial charge < -0.3 is 11.1 Å². The minimum atomic E-state index is -0.365. The number of nitrogens with one attached hydrogen (secondary N) is 1. The Bertz CT molecular complexity index is 246. The summed E-state index contributed by atoms with van der Waals surface area (Å²) in [5.74, 6) is 0.243. The molecule has 18 heavy (non-hydrogen) atoms. The van der Waals surface area contributed by atoms with Crippen molar-refractivity contribution < 1.29 is 4.79 Å². The van der Waals surface area contributed by atoms with Gasteiger partial charge in [0.1, 0.15) is 0 Å². The van der Waals surface area contributed by atoms with E-state index in [2.05, 4.69) is 24.1 Å². The van der Waals surface area contributed by atoms with Crippen molar-refractivity contribution in [2.75, 3.05) is 19.6 Å². The summed E-state index contributed by atoms with van der Waals surface area (Å²) in [7, 11) is 0. The van der Waals surface area contributed by atoms with Gasteiger partial charge in [0.05, 0.1) is 6.04 Å². The van der Waals surface area contributed by atoms with Crippen LogP contribution in [-0.2, 0) is 4.79 Å². The molecule has 1 fully saturated rings. The van der Waals surface area contributed by atoms with Crippen LogP contribution in [0.1, 0.15) is 40.0 Å². The highest BCUT2D eigenvalue weighted by molar-refractivity contribution is 5.85. The molecule has 1 amide bonds. The molecular formula is C13H28ClN3O. The van der Waals surface area contributed by atoms with Gasteiger partial charge in [-0.3, -0.25) is 9.69 Å². The first-order valence-electron chi connectivity index (χ1n) is 6.87. The fourth-order valence-electron chi connectivity index (χ4n) is 1.99. The van der Waals surface area contributed by atoms with Crippen molar-refractivity contribution in [2.24, 2.45) is 11.7 Å². The predicted octanol–water partition coefficient (Wildman–Crippen LogP) is 1.38. The standard InChI is InChI=1S/C13H27N3O.ClH/c1-4-10(3)12(14)13(17)15-8-9-16(5-2)11-6-7-11;/h10-12H,4-9,14H2,1-3H3,(H,15,17);1H. The van der Waals surface area contributed by atoms with E-state index in [0.29, 0.717) is 6.54 Å². The number of likely N-dealkylation sites (N-methyl/N-ethyl adjacent to an activating group) is 1. The topological polar surface area (TPSA) is 58.4 Å². The van der Waals surface area contributed by atoms with Crippen molar-refractivity contribution in [3.05, 3.63) is 0 Å². The van der Waals surface area contributed by atoms with Crippen LogP contribution in [0.3, 0.4) is 0 Å². The zero-order valence-corrected chi connectivity index (χ0v) is 12.6. The van der Waals surface area contributed by atoms with E-state index < -0.39 is 0 Å². The van der Waals surface area contributed by atoms with E-state index >= 15 is 0 Å². The molecule has 0 radical (unpaired) electrons. The molecule has 0 heterocycles. The molecule has 0 aromatic rings. The SMILES string of the molecule is CCC(C)C(N)C(=O)NCCN(CC)C1CC1.Cl. The minimum absolute atomic E-state index is 0. The van der Waals surface area contributed by atoms with Crippen molar-refractivity contribution in [2.45, 2.75) is 52.1 Å². The Morgan fingerprint density at radius 2 is 2.06 bits per heavy atom. The zero-order chi connectivity index (χ0) is 12.8. The summed E-state index contributed by atoms with van der Waals surface area (Å²) in [6, 6.07) is 0.399. The first kappa shape index (κ1) is 17.7. The van der Waals surface area contributed by atoms with Gasteiger partial charge in [0.25, 0.3) is 0 Å². The van der Waals surface area contributed by atoms with Crippen LogP contribution in [-0.4, -0.2) is 42.5 Å². The molecule has 4 nitrogen and oxygen atoms in total. The number of amides is 1. The smallest absolute Gasteiger partial charge is 0.237 e. The Morgan fingerprint density at radius 1 is 1.44 bits per heavy atom. The molecule has 0 aromatic carbocycles. The van der Waals surface area contributed by atoms with Crippen LogP contribution >= 0.6 is 12.4 Å². The third-order valence-electron chi connectivity index (χ3n) is 3.73. The normalized spacial score (nSPS) is 18.1. The van der Waals surface area contributed by atoms with E-state index in [4.69, 9.17) is 5.73 Å². The fraction of sp³-hybridized carbons (Fsp3) is 0.923. The van der Waals surface area contributed by atoms with E-state index in [0.717, 1.165) is 25.6 Å². The summed E-state index contributed by atoms with van der Waals surface area (Å²) < 4.78 is 0. The van der Waals surface area contributed by atoms with Gasteiger partial charge in [0.2, 0.25) is 5.91 Å². The first-order chi connectivity index (χ1) is 8.10. The average molecular weight is 278 g/mol.